The lowest BCUT2D eigenvalue weighted by atomic mass is 9.85. The van der Waals surface area contributed by atoms with Gasteiger partial charge in [-0.05, 0) is 37.8 Å². The van der Waals surface area contributed by atoms with Gasteiger partial charge in [-0.3, -0.25) is 4.90 Å². The predicted molar refractivity (Wildman–Crippen MR) is 97.8 cm³/mol. The second-order valence-corrected chi connectivity index (χ2v) is 8.19. The molecule has 4 heteroatoms. The van der Waals surface area contributed by atoms with Gasteiger partial charge in [0.05, 0.1) is 12.2 Å². The maximum absolute atomic E-state index is 10.4. The Morgan fingerprint density at radius 2 is 1.88 bits per heavy atom. The molecule has 24 heavy (non-hydrogen) atoms. The van der Waals surface area contributed by atoms with Gasteiger partial charge >= 0.3 is 0 Å². The molecule has 0 aliphatic carbocycles. The highest BCUT2D eigenvalue weighted by atomic mass is 16.5. The maximum atomic E-state index is 10.4. The molecule has 1 aromatic carbocycles. The highest BCUT2D eigenvalue weighted by Gasteiger charge is 2.24. The molecule has 1 saturated heterocycles. The smallest absolute Gasteiger partial charge is 0.123 e. The standard InChI is InChI=1S/C20H33NO3/c1-14-7-8-19(18(9-14)20(4,5)6)23-13-17(22)12-21-10-15(2)24-16(3)11-21/h7-9,15-17,22H,10-13H2,1-6H3/t15-,16-,17-/m1/s1. The highest BCUT2D eigenvalue weighted by molar-refractivity contribution is 5.41. The Labute approximate surface area is 146 Å². The van der Waals surface area contributed by atoms with Crippen molar-refractivity contribution < 1.29 is 14.6 Å². The van der Waals surface area contributed by atoms with E-state index in [2.05, 4.69) is 58.6 Å². The van der Waals surface area contributed by atoms with E-state index in [1.807, 2.05) is 6.07 Å². The summed E-state index contributed by atoms with van der Waals surface area (Å²) in [5, 5.41) is 10.4. The average molecular weight is 335 g/mol. The minimum Gasteiger partial charge on any atom is -0.491 e. The van der Waals surface area contributed by atoms with Crippen molar-refractivity contribution in [2.45, 2.75) is 65.3 Å². The molecule has 0 saturated carbocycles. The number of aryl methyl sites for hydroxylation is 1. The molecule has 1 aliphatic heterocycles. The van der Waals surface area contributed by atoms with Crippen LogP contribution in [0.15, 0.2) is 18.2 Å². The number of hydrogen-bond acceptors (Lipinski definition) is 4. The van der Waals surface area contributed by atoms with Crippen LogP contribution < -0.4 is 4.74 Å². The van der Waals surface area contributed by atoms with Gasteiger partial charge in [-0.15, -0.1) is 0 Å². The lowest BCUT2D eigenvalue weighted by Gasteiger charge is -2.36. The third kappa shape index (κ3) is 5.47. The summed E-state index contributed by atoms with van der Waals surface area (Å²) < 4.78 is 11.7. The number of benzene rings is 1. The molecule has 0 spiro atoms. The number of β-amino-alcohol motifs (C(OH)–C–C–N with tert-alkyl or cyclic N) is 1. The van der Waals surface area contributed by atoms with Crippen LogP contribution in [0, 0.1) is 6.92 Å². The monoisotopic (exact) mass is 335 g/mol. The van der Waals surface area contributed by atoms with Crippen molar-refractivity contribution in [3.8, 4) is 5.75 Å². The fraction of sp³-hybridized carbons (Fsp3) is 0.700. The van der Waals surface area contributed by atoms with E-state index in [1.54, 1.807) is 0 Å². The first kappa shape index (κ1) is 19.2. The Morgan fingerprint density at radius 1 is 1.25 bits per heavy atom. The van der Waals surface area contributed by atoms with Crippen molar-refractivity contribution in [1.29, 1.82) is 0 Å². The Balaban J connectivity index is 1.93. The van der Waals surface area contributed by atoms with Crippen LogP contribution in [0.5, 0.6) is 5.75 Å². The molecule has 0 amide bonds. The van der Waals surface area contributed by atoms with E-state index in [9.17, 15) is 5.11 Å². The average Bonchev–Trinajstić information content (AvgIpc) is 2.43. The van der Waals surface area contributed by atoms with Gasteiger partial charge in [0.2, 0.25) is 0 Å². The third-order valence-corrected chi connectivity index (χ3v) is 4.34. The van der Waals surface area contributed by atoms with Gasteiger partial charge in [-0.1, -0.05) is 38.5 Å². The molecule has 1 heterocycles. The van der Waals surface area contributed by atoms with E-state index in [0.717, 1.165) is 18.8 Å². The fourth-order valence-corrected chi connectivity index (χ4v) is 3.33. The fourth-order valence-electron chi connectivity index (χ4n) is 3.33. The normalized spacial score (nSPS) is 24.0. The van der Waals surface area contributed by atoms with Crippen molar-refractivity contribution in [3.63, 3.8) is 0 Å². The quantitative estimate of drug-likeness (QED) is 0.898. The molecular weight excluding hydrogens is 302 g/mol. The third-order valence-electron chi connectivity index (χ3n) is 4.34. The van der Waals surface area contributed by atoms with Crippen molar-refractivity contribution in [1.82, 2.24) is 4.90 Å². The maximum Gasteiger partial charge on any atom is 0.123 e. The molecule has 1 aliphatic rings. The zero-order chi connectivity index (χ0) is 17.9. The lowest BCUT2D eigenvalue weighted by Crippen LogP contribution is -2.48. The van der Waals surface area contributed by atoms with Crippen LogP contribution in [0.3, 0.4) is 0 Å². The number of aliphatic hydroxyl groups is 1. The van der Waals surface area contributed by atoms with Gasteiger partial charge in [0, 0.05) is 19.6 Å². The molecule has 1 N–H and O–H groups in total. The molecule has 0 bridgehead atoms. The van der Waals surface area contributed by atoms with Crippen molar-refractivity contribution in [2.24, 2.45) is 0 Å². The van der Waals surface area contributed by atoms with Crippen molar-refractivity contribution >= 4 is 0 Å². The van der Waals surface area contributed by atoms with Crippen LogP contribution >= 0.6 is 0 Å². The molecule has 1 aromatic rings. The van der Waals surface area contributed by atoms with Gasteiger partial charge in [0.15, 0.2) is 0 Å². The van der Waals surface area contributed by atoms with E-state index >= 15 is 0 Å². The highest BCUT2D eigenvalue weighted by Crippen LogP contribution is 2.32. The van der Waals surface area contributed by atoms with Crippen LogP contribution in [-0.4, -0.2) is 54.6 Å². The minimum absolute atomic E-state index is 0.0153. The Bertz CT molecular complexity index is 528. The van der Waals surface area contributed by atoms with E-state index in [0.29, 0.717) is 13.2 Å². The summed E-state index contributed by atoms with van der Waals surface area (Å²) in [6.07, 6.45) is -0.0745. The van der Waals surface area contributed by atoms with Gasteiger partial charge in [-0.25, -0.2) is 0 Å². The number of morpholine rings is 1. The molecule has 4 nitrogen and oxygen atoms in total. The van der Waals surface area contributed by atoms with Crippen LogP contribution in [0.2, 0.25) is 0 Å². The lowest BCUT2D eigenvalue weighted by molar-refractivity contribution is -0.0787. The summed E-state index contributed by atoms with van der Waals surface area (Å²) >= 11 is 0. The van der Waals surface area contributed by atoms with Gasteiger partial charge < -0.3 is 14.6 Å². The van der Waals surface area contributed by atoms with Crippen LogP contribution in [0.1, 0.15) is 45.7 Å². The SMILES string of the molecule is Cc1ccc(OC[C@H](O)CN2C[C@@H](C)O[C@H](C)C2)c(C(C)(C)C)c1. The minimum atomic E-state index is -0.503. The summed E-state index contributed by atoms with van der Waals surface area (Å²) in [6.45, 7) is 15.4. The summed E-state index contributed by atoms with van der Waals surface area (Å²) in [5.74, 6) is 0.871. The van der Waals surface area contributed by atoms with E-state index in [-0.39, 0.29) is 17.6 Å². The number of rotatable bonds is 5. The van der Waals surface area contributed by atoms with Crippen LogP contribution in [-0.2, 0) is 10.2 Å². The molecular formula is C20H33NO3. The first-order valence-electron chi connectivity index (χ1n) is 8.95. The number of nitrogens with zero attached hydrogens (tertiary/aromatic N) is 1. The summed E-state index contributed by atoms with van der Waals surface area (Å²) in [7, 11) is 0. The topological polar surface area (TPSA) is 41.9 Å². The molecule has 0 unspecified atom stereocenters. The van der Waals surface area contributed by atoms with E-state index < -0.39 is 6.10 Å². The number of hydrogen-bond donors (Lipinski definition) is 1. The Hall–Kier alpha value is -1.10. The Kier molecular flexibility index (Phi) is 6.29. The summed E-state index contributed by atoms with van der Waals surface area (Å²) in [4.78, 5) is 2.26. The van der Waals surface area contributed by atoms with Crippen LogP contribution in [0.4, 0.5) is 0 Å². The number of ether oxygens (including phenoxy) is 2. The zero-order valence-corrected chi connectivity index (χ0v) is 16.0. The van der Waals surface area contributed by atoms with Gasteiger partial charge in [0.1, 0.15) is 18.5 Å². The molecule has 0 aromatic heterocycles. The molecule has 3 atom stereocenters. The molecule has 0 radical (unpaired) electrons. The zero-order valence-electron chi connectivity index (χ0n) is 16.0. The summed E-state index contributed by atoms with van der Waals surface area (Å²) in [6, 6.07) is 6.25. The van der Waals surface area contributed by atoms with E-state index in [1.165, 1.54) is 11.1 Å². The summed E-state index contributed by atoms with van der Waals surface area (Å²) in [5.41, 5.74) is 2.42. The molecule has 1 fully saturated rings. The molecule has 2 rings (SSSR count). The predicted octanol–water partition coefficient (Wildman–Crippen LogP) is 3.14. The van der Waals surface area contributed by atoms with Gasteiger partial charge in [0.25, 0.3) is 0 Å². The van der Waals surface area contributed by atoms with Crippen LogP contribution in [0.25, 0.3) is 0 Å². The van der Waals surface area contributed by atoms with Gasteiger partial charge in [-0.2, -0.15) is 0 Å². The van der Waals surface area contributed by atoms with Crippen molar-refractivity contribution in [2.75, 3.05) is 26.2 Å². The second-order valence-electron chi connectivity index (χ2n) is 8.19. The largest absolute Gasteiger partial charge is 0.491 e. The second kappa shape index (κ2) is 7.85. The first-order valence-corrected chi connectivity index (χ1v) is 8.95. The Morgan fingerprint density at radius 3 is 2.46 bits per heavy atom. The van der Waals surface area contributed by atoms with Crippen molar-refractivity contribution in [3.05, 3.63) is 29.3 Å². The molecule has 136 valence electrons. The van der Waals surface area contributed by atoms with E-state index in [4.69, 9.17) is 9.47 Å². The first-order chi connectivity index (χ1) is 11.1. The number of aliphatic hydroxyl groups excluding tert-OH is 1.